The highest BCUT2D eigenvalue weighted by molar-refractivity contribution is 5.88. The molecule has 2 aromatic rings. The first-order valence-electron chi connectivity index (χ1n) is 12.2. The van der Waals surface area contributed by atoms with Crippen molar-refractivity contribution in [3.05, 3.63) is 83.4 Å². The minimum absolute atomic E-state index is 0.00912. The van der Waals surface area contributed by atoms with Gasteiger partial charge >= 0.3 is 12.1 Å². The van der Waals surface area contributed by atoms with Gasteiger partial charge in [-0.25, -0.2) is 4.79 Å². The van der Waals surface area contributed by atoms with Crippen molar-refractivity contribution in [3.63, 3.8) is 0 Å². The van der Waals surface area contributed by atoms with Crippen molar-refractivity contribution in [3.8, 4) is 0 Å². The van der Waals surface area contributed by atoms with E-state index in [0.717, 1.165) is 25.7 Å². The van der Waals surface area contributed by atoms with E-state index in [4.69, 9.17) is 15.6 Å². The van der Waals surface area contributed by atoms with Crippen molar-refractivity contribution in [2.24, 2.45) is 17.6 Å². The second-order valence-electron chi connectivity index (χ2n) is 9.44. The fourth-order valence-corrected chi connectivity index (χ4v) is 4.19. The summed E-state index contributed by atoms with van der Waals surface area (Å²) in [7, 11) is 0. The van der Waals surface area contributed by atoms with Gasteiger partial charge in [-0.1, -0.05) is 60.7 Å². The molecule has 4 rings (SSSR count). The summed E-state index contributed by atoms with van der Waals surface area (Å²) >= 11 is 0. The van der Waals surface area contributed by atoms with E-state index in [1.165, 1.54) is 16.7 Å². The first-order chi connectivity index (χ1) is 17.5. The number of nitrogens with two attached hydrogens (primary N) is 1. The average molecular weight is 517 g/mol. The van der Waals surface area contributed by atoms with E-state index >= 15 is 0 Å². The van der Waals surface area contributed by atoms with Gasteiger partial charge in [-0.2, -0.15) is 13.2 Å². The van der Waals surface area contributed by atoms with Crippen molar-refractivity contribution in [1.29, 1.82) is 0 Å². The first kappa shape index (κ1) is 28.1. The number of carbonyl (C=O) groups excluding carboxylic acids is 2. The van der Waals surface area contributed by atoms with Crippen LogP contribution in [0.25, 0.3) is 0 Å². The van der Waals surface area contributed by atoms with Crippen molar-refractivity contribution in [2.45, 2.75) is 57.4 Å². The molecule has 0 unspecified atom stereocenters. The van der Waals surface area contributed by atoms with Gasteiger partial charge in [0.2, 0.25) is 5.91 Å². The van der Waals surface area contributed by atoms with Crippen molar-refractivity contribution in [1.82, 2.24) is 4.90 Å². The summed E-state index contributed by atoms with van der Waals surface area (Å²) in [4.78, 5) is 36.2. The lowest BCUT2D eigenvalue weighted by molar-refractivity contribution is -0.192. The number of ketones is 1. The van der Waals surface area contributed by atoms with Gasteiger partial charge in [0.15, 0.2) is 0 Å². The molecule has 0 saturated heterocycles. The Labute approximate surface area is 214 Å². The summed E-state index contributed by atoms with van der Waals surface area (Å²) in [6.45, 7) is 1.30. The summed E-state index contributed by atoms with van der Waals surface area (Å²) in [5.74, 6) is -2.24. The fourth-order valence-electron chi connectivity index (χ4n) is 4.19. The number of carboxylic acid groups (broad SMARTS) is 1. The third-order valence-electron chi connectivity index (χ3n) is 6.52. The Morgan fingerprint density at radius 2 is 1.54 bits per heavy atom. The zero-order valence-electron chi connectivity index (χ0n) is 20.4. The molecule has 1 fully saturated rings. The number of carboxylic acids is 1. The van der Waals surface area contributed by atoms with Crippen LogP contribution in [0.3, 0.4) is 0 Å². The third-order valence-corrected chi connectivity index (χ3v) is 6.52. The smallest absolute Gasteiger partial charge is 0.475 e. The van der Waals surface area contributed by atoms with E-state index in [9.17, 15) is 22.8 Å². The summed E-state index contributed by atoms with van der Waals surface area (Å²) in [5.41, 5.74) is 9.81. The van der Waals surface area contributed by atoms with Crippen LogP contribution >= 0.6 is 0 Å². The number of nitrogens with zero attached hydrogens (tertiary/aromatic N) is 1. The van der Waals surface area contributed by atoms with Gasteiger partial charge in [-0.05, 0) is 60.3 Å². The minimum atomic E-state index is -5.08. The number of aliphatic carboxylic acids is 1. The van der Waals surface area contributed by atoms with Crippen molar-refractivity contribution >= 4 is 17.7 Å². The molecule has 9 heteroatoms. The number of fused-ring (bicyclic) bond motifs is 1. The number of hydrogen-bond acceptors (Lipinski definition) is 4. The highest BCUT2D eigenvalue weighted by Crippen LogP contribution is 2.33. The molecule has 1 aliphatic heterocycles. The number of alkyl halides is 3. The Morgan fingerprint density at radius 3 is 2.05 bits per heavy atom. The van der Waals surface area contributed by atoms with Crippen LogP contribution in [0.15, 0.2) is 66.7 Å². The van der Waals surface area contributed by atoms with Gasteiger partial charge in [0.25, 0.3) is 0 Å². The van der Waals surface area contributed by atoms with Crippen LogP contribution in [-0.4, -0.2) is 39.9 Å². The minimum Gasteiger partial charge on any atom is -0.475 e. The predicted octanol–water partition coefficient (Wildman–Crippen LogP) is 4.66. The van der Waals surface area contributed by atoms with Gasteiger partial charge < -0.3 is 15.7 Å². The molecule has 198 valence electrons. The third kappa shape index (κ3) is 8.86. The number of carbonyl (C=O) groups is 3. The van der Waals surface area contributed by atoms with Crippen LogP contribution in [0.4, 0.5) is 13.2 Å². The molecule has 0 radical (unpaired) electrons. The van der Waals surface area contributed by atoms with Gasteiger partial charge in [-0.15, -0.1) is 0 Å². The summed E-state index contributed by atoms with van der Waals surface area (Å²) in [6, 6.07) is 18.1. The molecule has 3 N–H and O–H groups in total. The molecule has 1 aliphatic carbocycles. The van der Waals surface area contributed by atoms with E-state index in [2.05, 4.69) is 24.3 Å². The molecule has 6 nitrogen and oxygen atoms in total. The lowest BCUT2D eigenvalue weighted by Crippen LogP contribution is -2.33. The van der Waals surface area contributed by atoms with Crippen molar-refractivity contribution < 1.29 is 32.7 Å². The molecule has 37 heavy (non-hydrogen) atoms. The fraction of sp³-hybridized carbons (Fsp3) is 0.393. The molecule has 0 aromatic heterocycles. The number of aryl methyl sites for hydroxylation is 1. The molecule has 1 saturated carbocycles. The van der Waals surface area contributed by atoms with Gasteiger partial charge in [0, 0.05) is 19.5 Å². The number of halogens is 3. The normalized spacial score (nSPS) is 16.5. The van der Waals surface area contributed by atoms with Gasteiger partial charge in [-0.3, -0.25) is 9.59 Å². The molecule has 2 atom stereocenters. The van der Waals surface area contributed by atoms with Crippen LogP contribution in [-0.2, 0) is 33.9 Å². The van der Waals surface area contributed by atoms with E-state index < -0.39 is 12.1 Å². The Morgan fingerprint density at radius 1 is 1.00 bits per heavy atom. The number of amides is 1. The van der Waals surface area contributed by atoms with E-state index in [1.807, 2.05) is 41.3 Å². The molecular weight excluding hydrogens is 485 g/mol. The standard InChI is InChI=1S/C26H30N2O2.C2HF3O2/c27-26(21-13-14-21)24(29)16-20(11-10-19-6-2-1-3-7-19)12-15-25(30)28-17-22-8-4-5-9-23(22)18-28;3-2(4,5)1(6)7/h1-9,12,15,20-21,26H,10-11,13-14,16-18,27H2;(H,6,7)/b15-12+;/t20-,26-;/m0./s1. The SMILES string of the molecule is N[C@H](C(=O)C[C@H](/C=C/C(=O)N1Cc2ccccc2C1)CCc1ccccc1)C1CC1.O=C(O)C(F)(F)F. The highest BCUT2D eigenvalue weighted by Gasteiger charge is 2.38. The lowest BCUT2D eigenvalue weighted by Gasteiger charge is -2.17. The maximum Gasteiger partial charge on any atom is 0.490 e. The van der Waals surface area contributed by atoms with Crippen LogP contribution in [0, 0.1) is 11.8 Å². The van der Waals surface area contributed by atoms with Crippen LogP contribution in [0.1, 0.15) is 42.4 Å². The number of hydrogen-bond donors (Lipinski definition) is 2. The summed E-state index contributed by atoms with van der Waals surface area (Å²) < 4.78 is 31.7. The maximum atomic E-state index is 12.8. The summed E-state index contributed by atoms with van der Waals surface area (Å²) in [5, 5.41) is 7.12. The predicted molar refractivity (Wildman–Crippen MR) is 132 cm³/mol. The Balaban J connectivity index is 0.000000479. The highest BCUT2D eigenvalue weighted by atomic mass is 19.4. The second-order valence-corrected chi connectivity index (χ2v) is 9.44. The zero-order chi connectivity index (χ0) is 27.0. The van der Waals surface area contributed by atoms with Crippen LogP contribution in [0.5, 0.6) is 0 Å². The second kappa shape index (κ2) is 12.7. The largest absolute Gasteiger partial charge is 0.490 e. The molecule has 1 amide bonds. The Hall–Kier alpha value is -3.46. The summed E-state index contributed by atoms with van der Waals surface area (Å²) in [6.07, 6.45) is 2.76. The number of allylic oxidation sites excluding steroid dienone is 1. The number of rotatable bonds is 9. The lowest BCUT2D eigenvalue weighted by atomic mass is 9.91. The first-order valence-corrected chi connectivity index (χ1v) is 12.2. The van der Waals surface area contributed by atoms with E-state index in [-0.39, 0.29) is 23.7 Å². The zero-order valence-corrected chi connectivity index (χ0v) is 20.4. The quantitative estimate of drug-likeness (QED) is 0.472. The van der Waals surface area contributed by atoms with E-state index in [0.29, 0.717) is 25.4 Å². The van der Waals surface area contributed by atoms with Gasteiger partial charge in [0.1, 0.15) is 5.78 Å². The average Bonchev–Trinajstić information content (AvgIpc) is 3.63. The van der Waals surface area contributed by atoms with Gasteiger partial charge in [0.05, 0.1) is 6.04 Å². The molecule has 0 bridgehead atoms. The maximum absolute atomic E-state index is 12.8. The van der Waals surface area contributed by atoms with Crippen LogP contribution < -0.4 is 5.73 Å². The Kier molecular flexibility index (Phi) is 9.63. The Bertz CT molecular complexity index is 1090. The topological polar surface area (TPSA) is 101 Å². The molecular formula is C28H31F3N2O4. The number of benzene rings is 2. The van der Waals surface area contributed by atoms with Crippen molar-refractivity contribution in [2.75, 3.05) is 0 Å². The monoisotopic (exact) mass is 516 g/mol. The van der Waals surface area contributed by atoms with E-state index in [1.54, 1.807) is 6.08 Å². The number of Topliss-reactive ketones (excluding diaryl/α,β-unsaturated/α-hetero) is 1. The molecule has 2 aliphatic rings. The molecule has 1 heterocycles. The van der Waals surface area contributed by atoms with Crippen LogP contribution in [0.2, 0.25) is 0 Å². The molecule has 0 spiro atoms. The molecule has 2 aromatic carbocycles.